The van der Waals surface area contributed by atoms with Crippen molar-refractivity contribution < 1.29 is 10.2 Å². The van der Waals surface area contributed by atoms with Gasteiger partial charge in [-0.05, 0) is 19.4 Å². The summed E-state index contributed by atoms with van der Waals surface area (Å²) in [6.07, 6.45) is 6.38. The van der Waals surface area contributed by atoms with Crippen molar-refractivity contribution in [1.29, 1.82) is 0 Å². The van der Waals surface area contributed by atoms with Crippen LogP contribution < -0.4 is 0 Å². The molecule has 0 aliphatic carbocycles. The van der Waals surface area contributed by atoms with Crippen LogP contribution in [0.3, 0.4) is 0 Å². The van der Waals surface area contributed by atoms with Crippen LogP contribution in [0.25, 0.3) is 0 Å². The first-order chi connectivity index (χ1) is 9.72. The maximum Gasteiger partial charge on any atom is 0.130 e. The predicted molar refractivity (Wildman–Crippen MR) is 78.0 cm³/mol. The molecule has 1 aromatic heterocycles. The molecular formula is C15H19N3O2. The first-order valence-electron chi connectivity index (χ1n) is 6.61. The minimum Gasteiger partial charge on any atom is -0.507 e. The molecule has 20 heavy (non-hydrogen) atoms. The number of phenols is 1. The number of hydrogen-bond donors (Lipinski definition) is 2. The van der Waals surface area contributed by atoms with E-state index in [1.807, 2.05) is 29.8 Å². The van der Waals surface area contributed by atoms with Crippen LogP contribution in [0.1, 0.15) is 24.5 Å². The van der Waals surface area contributed by atoms with Crippen molar-refractivity contribution in [2.45, 2.75) is 26.5 Å². The Morgan fingerprint density at radius 1 is 1.40 bits per heavy atom. The maximum absolute atomic E-state index is 10.0. The monoisotopic (exact) mass is 273 g/mol. The molecule has 2 aromatic rings. The summed E-state index contributed by atoms with van der Waals surface area (Å²) in [6, 6.07) is 5.32. The second kappa shape index (κ2) is 6.86. The standard InChI is InChI=1S/C15H19N3O2/c1-12(14-5-2-4-13(10-19)15(14)20)17-6-3-8-18-9-7-16-11-18/h2,4-5,7,9,11,19-20H,3,6,8,10H2,1H3. The van der Waals surface area contributed by atoms with Crippen molar-refractivity contribution in [2.24, 2.45) is 4.99 Å². The van der Waals surface area contributed by atoms with E-state index in [1.165, 1.54) is 0 Å². The van der Waals surface area contributed by atoms with E-state index < -0.39 is 0 Å². The number of rotatable bonds is 6. The van der Waals surface area contributed by atoms with Crippen molar-refractivity contribution in [2.75, 3.05) is 6.54 Å². The van der Waals surface area contributed by atoms with Gasteiger partial charge in [-0.3, -0.25) is 4.99 Å². The highest BCUT2D eigenvalue weighted by atomic mass is 16.3. The molecule has 0 unspecified atom stereocenters. The zero-order valence-corrected chi connectivity index (χ0v) is 11.5. The lowest BCUT2D eigenvalue weighted by Crippen LogP contribution is -2.01. The molecule has 0 saturated carbocycles. The zero-order valence-electron chi connectivity index (χ0n) is 11.5. The van der Waals surface area contributed by atoms with Gasteiger partial charge in [-0.1, -0.05) is 12.1 Å². The van der Waals surface area contributed by atoms with Crippen LogP contribution in [0.15, 0.2) is 41.9 Å². The summed E-state index contributed by atoms with van der Waals surface area (Å²) < 4.78 is 2.01. The molecule has 0 spiro atoms. The molecule has 2 N–H and O–H groups in total. The fraction of sp³-hybridized carbons (Fsp3) is 0.333. The van der Waals surface area contributed by atoms with Gasteiger partial charge < -0.3 is 14.8 Å². The largest absolute Gasteiger partial charge is 0.507 e. The Hall–Kier alpha value is -2.14. The quantitative estimate of drug-likeness (QED) is 0.624. The average molecular weight is 273 g/mol. The van der Waals surface area contributed by atoms with Gasteiger partial charge in [0.25, 0.3) is 0 Å². The normalized spacial score (nSPS) is 11.8. The summed E-state index contributed by atoms with van der Waals surface area (Å²) in [5.74, 6) is 0.117. The van der Waals surface area contributed by atoms with Crippen LogP contribution in [-0.2, 0) is 13.2 Å². The molecule has 1 aromatic carbocycles. The van der Waals surface area contributed by atoms with Crippen LogP contribution in [0.2, 0.25) is 0 Å². The highest BCUT2D eigenvalue weighted by Crippen LogP contribution is 2.23. The molecule has 5 heteroatoms. The number of hydrogen-bond acceptors (Lipinski definition) is 4. The van der Waals surface area contributed by atoms with Crippen molar-refractivity contribution >= 4 is 5.71 Å². The molecule has 1 heterocycles. The van der Waals surface area contributed by atoms with Gasteiger partial charge in [0.1, 0.15) is 5.75 Å². The lowest BCUT2D eigenvalue weighted by Gasteiger charge is -2.08. The number of para-hydroxylation sites is 1. The van der Waals surface area contributed by atoms with Crippen LogP contribution in [0, 0.1) is 0 Å². The van der Waals surface area contributed by atoms with E-state index >= 15 is 0 Å². The lowest BCUT2D eigenvalue weighted by molar-refractivity contribution is 0.275. The minimum absolute atomic E-state index is 0.117. The molecule has 0 radical (unpaired) electrons. The molecule has 0 saturated heterocycles. The summed E-state index contributed by atoms with van der Waals surface area (Å²) in [5.41, 5.74) is 1.98. The molecular weight excluding hydrogens is 254 g/mol. The van der Waals surface area contributed by atoms with Gasteiger partial charge in [0.15, 0.2) is 0 Å². The first kappa shape index (κ1) is 14.3. The van der Waals surface area contributed by atoms with Gasteiger partial charge in [-0.2, -0.15) is 0 Å². The number of aliphatic hydroxyl groups is 1. The summed E-state index contributed by atoms with van der Waals surface area (Å²) in [7, 11) is 0. The van der Waals surface area contributed by atoms with E-state index in [-0.39, 0.29) is 12.4 Å². The molecule has 5 nitrogen and oxygen atoms in total. The van der Waals surface area contributed by atoms with Gasteiger partial charge in [0.05, 0.1) is 12.9 Å². The van der Waals surface area contributed by atoms with E-state index in [0.29, 0.717) is 17.7 Å². The van der Waals surface area contributed by atoms with Crippen LogP contribution >= 0.6 is 0 Å². The van der Waals surface area contributed by atoms with Crippen LogP contribution in [0.5, 0.6) is 5.75 Å². The van der Waals surface area contributed by atoms with Crippen molar-refractivity contribution in [3.05, 3.63) is 48.0 Å². The molecule has 0 amide bonds. The second-order valence-corrected chi connectivity index (χ2v) is 4.59. The number of aromatic hydroxyl groups is 1. The van der Waals surface area contributed by atoms with Gasteiger partial charge in [0, 0.05) is 42.3 Å². The smallest absolute Gasteiger partial charge is 0.130 e. The van der Waals surface area contributed by atoms with E-state index in [2.05, 4.69) is 9.98 Å². The highest BCUT2D eigenvalue weighted by molar-refractivity contribution is 6.01. The van der Waals surface area contributed by atoms with E-state index in [1.54, 1.807) is 18.6 Å². The van der Waals surface area contributed by atoms with Crippen molar-refractivity contribution in [3.8, 4) is 5.75 Å². The molecule has 0 fully saturated rings. The minimum atomic E-state index is -0.173. The Balaban J connectivity index is 1.96. The van der Waals surface area contributed by atoms with Crippen molar-refractivity contribution in [1.82, 2.24) is 9.55 Å². The Morgan fingerprint density at radius 3 is 2.95 bits per heavy atom. The number of aryl methyl sites for hydroxylation is 1. The van der Waals surface area contributed by atoms with Crippen LogP contribution in [-0.4, -0.2) is 32.0 Å². The predicted octanol–water partition coefficient (Wildman–Crippen LogP) is 1.98. The highest BCUT2D eigenvalue weighted by Gasteiger charge is 2.08. The Bertz CT molecular complexity index is 577. The molecule has 2 rings (SSSR count). The molecule has 0 bridgehead atoms. The van der Waals surface area contributed by atoms with Gasteiger partial charge in [-0.25, -0.2) is 4.98 Å². The summed E-state index contributed by atoms with van der Waals surface area (Å²) in [5, 5.41) is 19.1. The van der Waals surface area contributed by atoms with E-state index in [9.17, 15) is 5.11 Å². The third-order valence-electron chi connectivity index (χ3n) is 3.16. The number of aliphatic hydroxyl groups excluding tert-OH is 1. The third-order valence-corrected chi connectivity index (χ3v) is 3.16. The maximum atomic E-state index is 10.0. The second-order valence-electron chi connectivity index (χ2n) is 4.59. The van der Waals surface area contributed by atoms with Gasteiger partial charge in [-0.15, -0.1) is 0 Å². The number of aromatic nitrogens is 2. The fourth-order valence-corrected chi connectivity index (χ4v) is 2.02. The zero-order chi connectivity index (χ0) is 14.4. The Morgan fingerprint density at radius 2 is 2.25 bits per heavy atom. The van der Waals surface area contributed by atoms with Crippen LogP contribution in [0.4, 0.5) is 0 Å². The number of aliphatic imine (C=N–C) groups is 1. The first-order valence-corrected chi connectivity index (χ1v) is 6.61. The number of imidazole rings is 1. The summed E-state index contributed by atoms with van der Waals surface area (Å²) in [4.78, 5) is 8.46. The summed E-state index contributed by atoms with van der Waals surface area (Å²) in [6.45, 7) is 3.26. The third kappa shape index (κ3) is 3.45. The van der Waals surface area contributed by atoms with E-state index in [4.69, 9.17) is 5.11 Å². The molecule has 106 valence electrons. The molecule has 0 atom stereocenters. The summed E-state index contributed by atoms with van der Waals surface area (Å²) >= 11 is 0. The Kier molecular flexibility index (Phi) is 4.90. The Labute approximate surface area is 118 Å². The number of nitrogens with zero attached hydrogens (tertiary/aromatic N) is 3. The van der Waals surface area contributed by atoms with Gasteiger partial charge in [0.2, 0.25) is 0 Å². The van der Waals surface area contributed by atoms with Crippen molar-refractivity contribution in [3.63, 3.8) is 0 Å². The topological polar surface area (TPSA) is 70.6 Å². The fourth-order valence-electron chi connectivity index (χ4n) is 2.02. The SMILES string of the molecule is CC(=NCCCn1ccnc1)c1cccc(CO)c1O. The molecule has 0 aliphatic rings. The number of benzene rings is 1. The van der Waals surface area contributed by atoms with Gasteiger partial charge >= 0.3 is 0 Å². The average Bonchev–Trinajstić information content (AvgIpc) is 2.97. The van der Waals surface area contributed by atoms with E-state index in [0.717, 1.165) is 18.7 Å². The lowest BCUT2D eigenvalue weighted by atomic mass is 10.1. The molecule has 0 aliphatic heterocycles.